The maximum Gasteiger partial charge on any atom is 0.338 e. The van der Waals surface area contributed by atoms with Crippen molar-refractivity contribution >= 4 is 37.7 Å². The summed E-state index contributed by atoms with van der Waals surface area (Å²) < 4.78 is 33.9. The number of primary sulfonamides is 1. The topological polar surface area (TPSA) is 117 Å². The summed E-state index contributed by atoms with van der Waals surface area (Å²) in [6.45, 7) is 1.47. The summed E-state index contributed by atoms with van der Waals surface area (Å²) in [6, 6.07) is 16.4. The molecule has 0 saturated heterocycles. The smallest absolute Gasteiger partial charge is 0.338 e. The molecule has 7 nitrogen and oxygen atoms in total. The van der Waals surface area contributed by atoms with E-state index < -0.39 is 21.6 Å². The first-order valence-corrected chi connectivity index (χ1v) is 10.5. The van der Waals surface area contributed by atoms with Gasteiger partial charge in [-0.25, -0.2) is 23.1 Å². The van der Waals surface area contributed by atoms with Gasteiger partial charge in [0.05, 0.1) is 10.5 Å². The molecule has 0 aliphatic carbocycles. The van der Waals surface area contributed by atoms with E-state index in [9.17, 15) is 18.0 Å². The van der Waals surface area contributed by atoms with Gasteiger partial charge in [-0.2, -0.15) is 0 Å². The van der Waals surface area contributed by atoms with E-state index in [1.165, 1.54) is 24.3 Å². The van der Waals surface area contributed by atoms with Crippen LogP contribution in [0.3, 0.4) is 0 Å². The minimum atomic E-state index is -3.96. The van der Waals surface area contributed by atoms with Crippen molar-refractivity contribution in [1.82, 2.24) is 0 Å². The quantitative estimate of drug-likeness (QED) is 0.306. The van der Waals surface area contributed by atoms with Crippen LogP contribution in [0.15, 0.2) is 74.8 Å². The Morgan fingerprint density at radius 1 is 1.07 bits per heavy atom. The zero-order valence-electron chi connectivity index (χ0n) is 15.9. The van der Waals surface area contributed by atoms with Gasteiger partial charge in [-0.15, -0.1) is 0 Å². The summed E-state index contributed by atoms with van der Waals surface area (Å²) in [6.07, 6.45) is 0. The SMILES string of the molecule is Cc1ccc(S(N)(=O)=O)cc1C(=O)OCc1cc(=O)oc2ccc3ccccc3c12. The number of aryl methyl sites for hydroxylation is 1. The number of sulfonamides is 1. The Hall–Kier alpha value is -3.49. The molecule has 2 N–H and O–H groups in total. The Morgan fingerprint density at radius 3 is 2.60 bits per heavy atom. The van der Waals surface area contributed by atoms with Crippen molar-refractivity contribution in [3.05, 3.63) is 87.8 Å². The van der Waals surface area contributed by atoms with E-state index in [1.807, 2.05) is 30.3 Å². The van der Waals surface area contributed by atoms with Gasteiger partial charge in [0.25, 0.3) is 0 Å². The molecule has 0 spiro atoms. The number of hydrogen-bond acceptors (Lipinski definition) is 6. The predicted molar refractivity (Wildman–Crippen MR) is 112 cm³/mol. The van der Waals surface area contributed by atoms with Crippen molar-refractivity contribution in [2.45, 2.75) is 18.4 Å². The van der Waals surface area contributed by atoms with Gasteiger partial charge < -0.3 is 9.15 Å². The van der Waals surface area contributed by atoms with E-state index in [-0.39, 0.29) is 17.1 Å². The van der Waals surface area contributed by atoms with Gasteiger partial charge in [0.15, 0.2) is 0 Å². The Bertz CT molecular complexity index is 1470. The van der Waals surface area contributed by atoms with Crippen LogP contribution in [0, 0.1) is 6.92 Å². The molecule has 3 aromatic carbocycles. The molecule has 4 aromatic rings. The number of benzene rings is 3. The van der Waals surface area contributed by atoms with Crippen molar-refractivity contribution in [3.63, 3.8) is 0 Å². The molecular formula is C22H17NO6S. The summed E-state index contributed by atoms with van der Waals surface area (Å²) in [5.41, 5.74) is 0.941. The fraction of sp³-hybridized carbons (Fsp3) is 0.0909. The maximum atomic E-state index is 12.6. The van der Waals surface area contributed by atoms with Gasteiger partial charge in [0, 0.05) is 17.0 Å². The minimum Gasteiger partial charge on any atom is -0.457 e. The molecule has 4 rings (SSSR count). The van der Waals surface area contributed by atoms with Crippen molar-refractivity contribution in [2.24, 2.45) is 5.14 Å². The lowest BCUT2D eigenvalue weighted by Crippen LogP contribution is -2.14. The second kappa shape index (κ2) is 7.40. The zero-order valence-corrected chi connectivity index (χ0v) is 16.7. The largest absolute Gasteiger partial charge is 0.457 e. The minimum absolute atomic E-state index is 0.0821. The summed E-state index contributed by atoms with van der Waals surface area (Å²) in [5.74, 6) is -0.723. The lowest BCUT2D eigenvalue weighted by atomic mass is 10.0. The molecule has 0 unspecified atom stereocenters. The van der Waals surface area contributed by atoms with E-state index in [4.69, 9.17) is 14.3 Å². The molecule has 0 aliphatic rings. The first kappa shape index (κ1) is 19.8. The van der Waals surface area contributed by atoms with Crippen LogP contribution in [0.2, 0.25) is 0 Å². The van der Waals surface area contributed by atoms with Crippen LogP contribution in [-0.2, 0) is 21.4 Å². The number of hydrogen-bond donors (Lipinski definition) is 1. The predicted octanol–water partition coefficient (Wildman–Crippen LogP) is 3.26. The highest BCUT2D eigenvalue weighted by Crippen LogP contribution is 2.28. The molecule has 1 heterocycles. The molecule has 8 heteroatoms. The molecule has 152 valence electrons. The highest BCUT2D eigenvalue weighted by Gasteiger charge is 2.17. The van der Waals surface area contributed by atoms with Crippen LogP contribution >= 0.6 is 0 Å². The number of esters is 1. The Balaban J connectivity index is 1.73. The van der Waals surface area contributed by atoms with Crippen LogP contribution < -0.4 is 10.8 Å². The standard InChI is InChI=1S/C22H17NO6S/c1-13-6-8-16(30(23,26)27)11-18(13)22(25)28-12-15-10-20(24)29-19-9-7-14-4-2-3-5-17(14)21(15)19/h2-11H,12H2,1H3,(H2,23,26,27). The highest BCUT2D eigenvalue weighted by molar-refractivity contribution is 7.89. The van der Waals surface area contributed by atoms with Gasteiger partial charge in [0.1, 0.15) is 12.2 Å². The molecule has 0 radical (unpaired) electrons. The van der Waals surface area contributed by atoms with Crippen LogP contribution in [0.25, 0.3) is 21.7 Å². The Morgan fingerprint density at radius 2 is 1.83 bits per heavy atom. The van der Waals surface area contributed by atoms with E-state index in [1.54, 1.807) is 13.0 Å². The number of fused-ring (bicyclic) bond motifs is 3. The molecule has 30 heavy (non-hydrogen) atoms. The third-order valence-corrected chi connectivity index (χ3v) is 5.74. The lowest BCUT2D eigenvalue weighted by molar-refractivity contribution is 0.0472. The third-order valence-electron chi connectivity index (χ3n) is 4.83. The zero-order chi connectivity index (χ0) is 21.5. The van der Waals surface area contributed by atoms with Crippen molar-refractivity contribution in [1.29, 1.82) is 0 Å². The van der Waals surface area contributed by atoms with Crippen molar-refractivity contribution in [2.75, 3.05) is 0 Å². The maximum absolute atomic E-state index is 12.6. The fourth-order valence-electron chi connectivity index (χ4n) is 3.35. The van der Waals surface area contributed by atoms with Crippen LogP contribution in [-0.4, -0.2) is 14.4 Å². The fourth-order valence-corrected chi connectivity index (χ4v) is 3.89. The Labute approximate surface area is 171 Å². The highest BCUT2D eigenvalue weighted by atomic mass is 32.2. The molecule has 0 saturated carbocycles. The van der Waals surface area contributed by atoms with E-state index >= 15 is 0 Å². The van der Waals surface area contributed by atoms with E-state index in [0.29, 0.717) is 22.1 Å². The van der Waals surface area contributed by atoms with Gasteiger partial charge in [-0.05, 0) is 41.5 Å². The van der Waals surface area contributed by atoms with E-state index in [0.717, 1.165) is 10.8 Å². The number of carbonyl (C=O) groups excluding carboxylic acids is 1. The van der Waals surface area contributed by atoms with Crippen LogP contribution in [0.1, 0.15) is 21.5 Å². The van der Waals surface area contributed by atoms with Gasteiger partial charge >= 0.3 is 11.6 Å². The molecule has 0 aliphatic heterocycles. The molecule has 0 amide bonds. The first-order chi connectivity index (χ1) is 14.2. The summed E-state index contributed by atoms with van der Waals surface area (Å²) >= 11 is 0. The summed E-state index contributed by atoms with van der Waals surface area (Å²) in [7, 11) is -3.96. The first-order valence-electron chi connectivity index (χ1n) is 8.99. The van der Waals surface area contributed by atoms with Gasteiger partial charge in [-0.3, -0.25) is 0 Å². The molecule has 0 bridgehead atoms. The monoisotopic (exact) mass is 423 g/mol. The summed E-state index contributed by atoms with van der Waals surface area (Å²) in [4.78, 5) is 24.4. The molecule has 0 fully saturated rings. The Kier molecular flexibility index (Phi) is 4.89. The lowest BCUT2D eigenvalue weighted by Gasteiger charge is -2.11. The van der Waals surface area contributed by atoms with Crippen LogP contribution in [0.4, 0.5) is 0 Å². The summed E-state index contributed by atoms with van der Waals surface area (Å²) in [5, 5.41) is 7.63. The molecular weight excluding hydrogens is 406 g/mol. The molecule has 0 atom stereocenters. The van der Waals surface area contributed by atoms with Crippen molar-refractivity contribution < 1.29 is 22.4 Å². The molecule has 1 aromatic heterocycles. The number of rotatable bonds is 4. The normalized spacial score (nSPS) is 11.7. The number of carbonyl (C=O) groups is 1. The van der Waals surface area contributed by atoms with Gasteiger partial charge in [-0.1, -0.05) is 36.4 Å². The number of nitrogens with two attached hydrogens (primary N) is 1. The average Bonchev–Trinajstić information content (AvgIpc) is 2.70. The van der Waals surface area contributed by atoms with Crippen molar-refractivity contribution in [3.8, 4) is 0 Å². The second-order valence-electron chi connectivity index (χ2n) is 6.85. The second-order valence-corrected chi connectivity index (χ2v) is 8.41. The van der Waals surface area contributed by atoms with Gasteiger partial charge in [0.2, 0.25) is 10.0 Å². The van der Waals surface area contributed by atoms with E-state index in [2.05, 4.69) is 0 Å². The number of ether oxygens (including phenoxy) is 1. The average molecular weight is 423 g/mol. The third kappa shape index (κ3) is 3.70. The van der Waals surface area contributed by atoms with Crippen LogP contribution in [0.5, 0.6) is 0 Å².